The minimum atomic E-state index is -0.439. The van der Waals surface area contributed by atoms with Crippen LogP contribution in [0.15, 0.2) is 58.7 Å². The normalized spacial score (nSPS) is 10.5. The van der Waals surface area contributed by atoms with E-state index in [2.05, 4.69) is 5.32 Å². The van der Waals surface area contributed by atoms with Crippen LogP contribution in [-0.2, 0) is 11.3 Å². The Hall–Kier alpha value is -2.90. The molecule has 0 spiro atoms. The summed E-state index contributed by atoms with van der Waals surface area (Å²) in [5.74, 6) is -0.410. The maximum Gasteiger partial charge on any atom is 0.312 e. The summed E-state index contributed by atoms with van der Waals surface area (Å²) in [5.41, 5.74) is 1.74. The first-order valence-corrected chi connectivity index (χ1v) is 9.71. The quantitative estimate of drug-likeness (QED) is 0.484. The van der Waals surface area contributed by atoms with Crippen molar-refractivity contribution in [3.8, 4) is 5.75 Å². The van der Waals surface area contributed by atoms with E-state index in [-0.39, 0.29) is 23.7 Å². The van der Waals surface area contributed by atoms with Crippen LogP contribution in [0, 0.1) is 6.92 Å². The lowest BCUT2D eigenvalue weighted by Crippen LogP contribution is -2.19. The zero-order valence-corrected chi connectivity index (χ0v) is 16.5. The zero-order chi connectivity index (χ0) is 20.1. The van der Waals surface area contributed by atoms with Crippen molar-refractivity contribution >= 4 is 40.5 Å². The molecule has 1 heterocycles. The third-order valence-electron chi connectivity index (χ3n) is 3.98. The SMILES string of the molecule is Cc1csc(=O)n1CCC(=O)Oc1ccc(NC(=O)c2ccccc2Cl)cc1. The fourth-order valence-electron chi connectivity index (χ4n) is 2.51. The monoisotopic (exact) mass is 416 g/mol. The maximum absolute atomic E-state index is 12.2. The number of benzene rings is 2. The minimum absolute atomic E-state index is 0.0858. The first kappa shape index (κ1) is 19.9. The molecule has 28 heavy (non-hydrogen) atoms. The Balaban J connectivity index is 1.55. The summed E-state index contributed by atoms with van der Waals surface area (Å²) in [6, 6.07) is 13.2. The van der Waals surface area contributed by atoms with Crippen LogP contribution in [0.4, 0.5) is 5.69 Å². The molecule has 0 unspecified atom stereocenters. The van der Waals surface area contributed by atoms with Gasteiger partial charge in [0.1, 0.15) is 5.75 Å². The number of aryl methyl sites for hydroxylation is 1. The van der Waals surface area contributed by atoms with E-state index in [1.807, 2.05) is 6.92 Å². The van der Waals surface area contributed by atoms with E-state index < -0.39 is 5.97 Å². The smallest absolute Gasteiger partial charge is 0.312 e. The minimum Gasteiger partial charge on any atom is -0.426 e. The lowest BCUT2D eigenvalue weighted by molar-refractivity contribution is -0.134. The number of amides is 1. The van der Waals surface area contributed by atoms with Gasteiger partial charge in [-0.25, -0.2) is 0 Å². The van der Waals surface area contributed by atoms with Crippen molar-refractivity contribution < 1.29 is 14.3 Å². The van der Waals surface area contributed by atoms with Gasteiger partial charge in [0.05, 0.1) is 17.0 Å². The summed E-state index contributed by atoms with van der Waals surface area (Å²) in [7, 11) is 0. The Morgan fingerprint density at radius 2 is 1.86 bits per heavy atom. The molecule has 2 aromatic carbocycles. The van der Waals surface area contributed by atoms with Crippen molar-refractivity contribution in [2.24, 2.45) is 0 Å². The van der Waals surface area contributed by atoms with Gasteiger partial charge in [0.25, 0.3) is 5.91 Å². The van der Waals surface area contributed by atoms with Gasteiger partial charge >= 0.3 is 10.8 Å². The summed E-state index contributed by atoms with van der Waals surface area (Å²) >= 11 is 7.12. The van der Waals surface area contributed by atoms with E-state index >= 15 is 0 Å². The van der Waals surface area contributed by atoms with Gasteiger partial charge in [0, 0.05) is 23.3 Å². The molecule has 1 amide bonds. The van der Waals surface area contributed by atoms with Crippen LogP contribution in [0.1, 0.15) is 22.5 Å². The molecule has 144 valence electrons. The molecule has 3 aromatic rings. The van der Waals surface area contributed by atoms with Crippen LogP contribution in [-0.4, -0.2) is 16.4 Å². The van der Waals surface area contributed by atoms with Gasteiger partial charge in [-0.15, -0.1) is 0 Å². The van der Waals surface area contributed by atoms with Gasteiger partial charge in [-0.2, -0.15) is 0 Å². The molecule has 0 aliphatic heterocycles. The van der Waals surface area contributed by atoms with Crippen molar-refractivity contribution in [1.82, 2.24) is 4.57 Å². The van der Waals surface area contributed by atoms with Crippen molar-refractivity contribution in [3.05, 3.63) is 79.9 Å². The highest BCUT2D eigenvalue weighted by molar-refractivity contribution is 7.07. The molecule has 0 bridgehead atoms. The van der Waals surface area contributed by atoms with Crippen LogP contribution in [0.25, 0.3) is 0 Å². The maximum atomic E-state index is 12.2. The van der Waals surface area contributed by atoms with Crippen LogP contribution < -0.4 is 14.9 Å². The lowest BCUT2D eigenvalue weighted by atomic mass is 10.2. The first-order valence-electron chi connectivity index (χ1n) is 8.45. The van der Waals surface area contributed by atoms with E-state index in [1.54, 1.807) is 58.5 Å². The third kappa shape index (κ3) is 4.88. The molecule has 0 aliphatic rings. The van der Waals surface area contributed by atoms with Crippen molar-refractivity contribution in [1.29, 1.82) is 0 Å². The van der Waals surface area contributed by atoms with Crippen LogP contribution in [0.2, 0.25) is 5.02 Å². The summed E-state index contributed by atoms with van der Waals surface area (Å²) in [6.45, 7) is 2.10. The molecular weight excluding hydrogens is 400 g/mol. The van der Waals surface area contributed by atoms with Crippen molar-refractivity contribution in [3.63, 3.8) is 0 Å². The fourth-order valence-corrected chi connectivity index (χ4v) is 3.49. The van der Waals surface area contributed by atoms with Gasteiger partial charge in [0.15, 0.2) is 0 Å². The Kier molecular flexibility index (Phi) is 6.28. The number of thiazole rings is 1. The highest BCUT2D eigenvalue weighted by atomic mass is 35.5. The van der Waals surface area contributed by atoms with Crippen LogP contribution in [0.3, 0.4) is 0 Å². The number of anilines is 1. The molecule has 1 N–H and O–H groups in total. The summed E-state index contributed by atoms with van der Waals surface area (Å²) < 4.78 is 6.81. The number of halogens is 1. The molecule has 0 atom stereocenters. The van der Waals surface area contributed by atoms with Gasteiger partial charge in [-0.3, -0.25) is 14.4 Å². The van der Waals surface area contributed by atoms with Gasteiger partial charge in [0.2, 0.25) is 0 Å². The number of nitrogens with one attached hydrogen (secondary N) is 1. The second-order valence-electron chi connectivity index (χ2n) is 5.98. The Morgan fingerprint density at radius 1 is 1.14 bits per heavy atom. The summed E-state index contributed by atoms with van der Waals surface area (Å²) in [6.07, 6.45) is 0.0858. The number of esters is 1. The highest BCUT2D eigenvalue weighted by Crippen LogP contribution is 2.20. The van der Waals surface area contributed by atoms with E-state index in [0.29, 0.717) is 22.0 Å². The molecule has 6 nitrogen and oxygen atoms in total. The number of hydrogen-bond acceptors (Lipinski definition) is 5. The molecule has 0 saturated carbocycles. The second-order valence-corrected chi connectivity index (χ2v) is 7.20. The largest absolute Gasteiger partial charge is 0.426 e. The molecule has 0 aliphatic carbocycles. The molecule has 0 fully saturated rings. The van der Waals surface area contributed by atoms with Gasteiger partial charge in [-0.05, 0) is 43.3 Å². The third-order valence-corrected chi connectivity index (χ3v) is 5.19. The molecule has 0 saturated heterocycles. The summed E-state index contributed by atoms with van der Waals surface area (Å²) in [5, 5.41) is 4.85. The Morgan fingerprint density at radius 3 is 2.50 bits per heavy atom. The van der Waals surface area contributed by atoms with Crippen molar-refractivity contribution in [2.75, 3.05) is 5.32 Å². The zero-order valence-electron chi connectivity index (χ0n) is 15.0. The predicted octanol–water partition coefficient (Wildman–Crippen LogP) is 4.12. The predicted molar refractivity (Wildman–Crippen MR) is 109 cm³/mol. The van der Waals surface area contributed by atoms with E-state index in [1.165, 1.54) is 0 Å². The standard InChI is InChI=1S/C20H17ClN2O4S/c1-13-12-28-20(26)23(13)11-10-18(24)27-15-8-6-14(7-9-15)22-19(25)16-4-2-3-5-17(16)21/h2-9,12H,10-11H2,1H3,(H,22,25). The molecule has 1 aromatic heterocycles. The van der Waals surface area contributed by atoms with E-state index in [4.69, 9.17) is 16.3 Å². The number of nitrogens with zero attached hydrogens (tertiary/aromatic N) is 1. The van der Waals surface area contributed by atoms with Gasteiger partial charge in [-0.1, -0.05) is 35.1 Å². The Labute approximate surface area is 170 Å². The molecule has 8 heteroatoms. The number of hydrogen-bond donors (Lipinski definition) is 1. The molecular formula is C20H17ClN2O4S. The molecule has 3 rings (SSSR count). The van der Waals surface area contributed by atoms with Crippen molar-refractivity contribution in [2.45, 2.75) is 19.9 Å². The number of carbonyl (C=O) groups is 2. The van der Waals surface area contributed by atoms with Crippen LogP contribution in [0.5, 0.6) is 5.75 Å². The van der Waals surface area contributed by atoms with Crippen LogP contribution >= 0.6 is 22.9 Å². The van der Waals surface area contributed by atoms with E-state index in [9.17, 15) is 14.4 Å². The first-order chi connectivity index (χ1) is 13.4. The second kappa shape index (κ2) is 8.86. The number of ether oxygens (including phenoxy) is 1. The fraction of sp³-hybridized carbons (Fsp3) is 0.150. The number of carbonyl (C=O) groups excluding carboxylic acids is 2. The van der Waals surface area contributed by atoms with E-state index in [0.717, 1.165) is 17.0 Å². The lowest BCUT2D eigenvalue weighted by Gasteiger charge is -2.09. The summed E-state index contributed by atoms with van der Waals surface area (Å²) in [4.78, 5) is 35.8. The topological polar surface area (TPSA) is 77.4 Å². The molecule has 0 radical (unpaired) electrons. The van der Waals surface area contributed by atoms with Gasteiger partial charge < -0.3 is 14.6 Å². The number of aromatic nitrogens is 1. The highest BCUT2D eigenvalue weighted by Gasteiger charge is 2.11. The Bertz CT molecular complexity index is 1060. The average molecular weight is 417 g/mol. The average Bonchev–Trinajstić information content (AvgIpc) is 2.99. The number of rotatable bonds is 6.